The van der Waals surface area contributed by atoms with Crippen molar-refractivity contribution in [1.29, 1.82) is 0 Å². The summed E-state index contributed by atoms with van der Waals surface area (Å²) >= 11 is 7.21. The molecule has 6 N–H and O–H groups in total. The number of unbranched alkanes of at least 4 members (excludes halogenated alkanes) is 2. The van der Waals surface area contributed by atoms with Gasteiger partial charge >= 0.3 is 13.4 Å². The molecule has 0 heterocycles. The van der Waals surface area contributed by atoms with Crippen LogP contribution in [0.1, 0.15) is 26.2 Å². The molecule has 102 valence electrons. The molecule has 11 heteroatoms. The SMILES string of the molecule is OP(O)(O)=S.OP(O)(O)=S.[CH2-]CCCC.[Mo]. The second kappa shape index (κ2) is 14.8. The van der Waals surface area contributed by atoms with Crippen molar-refractivity contribution in [3.8, 4) is 0 Å². The van der Waals surface area contributed by atoms with E-state index in [1.807, 2.05) is 0 Å². The molecule has 0 saturated carbocycles. The minimum Gasteiger partial charge on any atom is -0.343 e. The first-order chi connectivity index (χ1) is 6.41. The molecule has 0 aliphatic carbocycles. The van der Waals surface area contributed by atoms with Crippen molar-refractivity contribution in [3.63, 3.8) is 0 Å². The number of hydrogen-bond acceptors (Lipinski definition) is 2. The monoisotopic (exact) mass is 397 g/mol. The molecule has 0 amide bonds. The minimum absolute atomic E-state index is 0. The molecule has 6 nitrogen and oxygen atoms in total. The van der Waals surface area contributed by atoms with Gasteiger partial charge in [0.15, 0.2) is 0 Å². The van der Waals surface area contributed by atoms with Gasteiger partial charge in [0.25, 0.3) is 0 Å². The van der Waals surface area contributed by atoms with Crippen LogP contribution in [0.2, 0.25) is 0 Å². The van der Waals surface area contributed by atoms with E-state index in [1.165, 1.54) is 12.8 Å². The van der Waals surface area contributed by atoms with E-state index in [4.69, 9.17) is 29.4 Å². The maximum Gasteiger partial charge on any atom is 0.319 e. The smallest absolute Gasteiger partial charge is 0.319 e. The summed E-state index contributed by atoms with van der Waals surface area (Å²) in [5.74, 6) is 0. The minimum atomic E-state index is -3.81. The van der Waals surface area contributed by atoms with Crippen molar-refractivity contribution in [3.05, 3.63) is 6.92 Å². The first-order valence-electron chi connectivity index (χ1n) is 3.77. The summed E-state index contributed by atoms with van der Waals surface area (Å²) in [7, 11) is 0. The van der Waals surface area contributed by atoms with Crippen LogP contribution < -0.4 is 0 Å². The third kappa shape index (κ3) is 244. The summed E-state index contributed by atoms with van der Waals surface area (Å²) in [5.41, 5.74) is 0. The zero-order chi connectivity index (χ0) is 13.1. The van der Waals surface area contributed by atoms with Gasteiger partial charge in [-0.2, -0.15) is 6.42 Å². The Labute approximate surface area is 120 Å². The first-order valence-corrected chi connectivity index (χ1v) is 9.09. The van der Waals surface area contributed by atoms with Crippen molar-refractivity contribution in [2.24, 2.45) is 0 Å². The largest absolute Gasteiger partial charge is 0.343 e. The van der Waals surface area contributed by atoms with E-state index in [0.29, 0.717) is 0 Å². The molecule has 0 aromatic carbocycles. The number of rotatable bonds is 2. The molecule has 0 saturated heterocycles. The average Bonchev–Trinajstić information content (AvgIpc) is 1.80. The summed E-state index contributed by atoms with van der Waals surface area (Å²) in [5, 5.41) is 0. The van der Waals surface area contributed by atoms with Crippen molar-refractivity contribution >= 4 is 37.1 Å². The molecule has 0 bridgehead atoms. The van der Waals surface area contributed by atoms with Gasteiger partial charge < -0.3 is 36.3 Å². The quantitative estimate of drug-likeness (QED) is 0.226. The van der Waals surface area contributed by atoms with Crippen LogP contribution in [0.4, 0.5) is 0 Å². The molecule has 0 aliphatic heterocycles. The van der Waals surface area contributed by atoms with Gasteiger partial charge in [0.1, 0.15) is 0 Å². The van der Waals surface area contributed by atoms with E-state index in [1.54, 1.807) is 0 Å². The summed E-state index contributed by atoms with van der Waals surface area (Å²) in [6.45, 7) is -1.76. The van der Waals surface area contributed by atoms with Crippen molar-refractivity contribution in [1.82, 2.24) is 0 Å². The molecule has 16 heavy (non-hydrogen) atoms. The van der Waals surface area contributed by atoms with E-state index >= 15 is 0 Å². The van der Waals surface area contributed by atoms with Gasteiger partial charge in [-0.15, -0.1) is 0 Å². The summed E-state index contributed by atoms with van der Waals surface area (Å²) in [4.78, 5) is 45.3. The molecule has 0 unspecified atom stereocenters. The Morgan fingerprint density at radius 3 is 1.12 bits per heavy atom. The second-order valence-corrected chi connectivity index (χ2v) is 7.23. The predicted octanol–water partition coefficient (Wildman–Crippen LogP) is 0.384. The normalized spacial score (nSPS) is 10.0. The molecule has 0 spiro atoms. The third-order valence-electron chi connectivity index (χ3n) is 0.604. The van der Waals surface area contributed by atoms with Gasteiger partial charge in [-0.1, -0.05) is 19.8 Å². The Kier molecular flexibility index (Phi) is 24.4. The molecular weight excluding hydrogens is 378 g/mol. The van der Waals surface area contributed by atoms with Crippen LogP contribution in [0, 0.1) is 6.92 Å². The predicted molar refractivity (Wildman–Crippen MR) is 66.8 cm³/mol. The summed E-state index contributed by atoms with van der Waals surface area (Å²) in [6.07, 6.45) is 3.65. The van der Waals surface area contributed by atoms with Crippen LogP contribution in [0.3, 0.4) is 0 Å². The molecule has 0 aliphatic rings. The van der Waals surface area contributed by atoms with E-state index in [9.17, 15) is 0 Å². The van der Waals surface area contributed by atoms with Gasteiger partial charge in [-0.3, -0.25) is 0 Å². The van der Waals surface area contributed by atoms with Gasteiger partial charge in [-0.05, 0) is 23.6 Å². The zero-order valence-corrected chi connectivity index (χ0v) is 14.1. The standard InChI is InChI=1S/C5H11.Mo.2H3O3PS/c1-3-5-4-2;;2*1-4(2,3)5/h1,3-5H2,2H3;;2*(H3,1,2,3,5)/q-1;;;. The molecule has 0 rings (SSSR count). The van der Waals surface area contributed by atoms with Crippen LogP contribution in [0.5, 0.6) is 0 Å². The maximum absolute atomic E-state index is 7.56. The molecule has 0 radical (unpaired) electrons. The summed E-state index contributed by atoms with van der Waals surface area (Å²) in [6, 6.07) is 0. The van der Waals surface area contributed by atoms with Crippen LogP contribution in [0.15, 0.2) is 0 Å². The van der Waals surface area contributed by atoms with Crippen molar-refractivity contribution in [2.75, 3.05) is 0 Å². The van der Waals surface area contributed by atoms with Crippen molar-refractivity contribution < 1.29 is 50.4 Å². The van der Waals surface area contributed by atoms with Crippen LogP contribution >= 0.6 is 13.4 Å². The fourth-order valence-electron chi connectivity index (χ4n) is 0.250. The molecule has 0 atom stereocenters. The Morgan fingerprint density at radius 2 is 1.12 bits per heavy atom. The van der Waals surface area contributed by atoms with Crippen LogP contribution in [-0.4, -0.2) is 29.4 Å². The Balaban J connectivity index is -0.0000000655. The van der Waals surface area contributed by atoms with E-state index in [2.05, 4.69) is 37.5 Å². The number of hydrogen-bond donors (Lipinski definition) is 6. The van der Waals surface area contributed by atoms with Crippen LogP contribution in [0.25, 0.3) is 0 Å². The fourth-order valence-corrected chi connectivity index (χ4v) is 0.250. The second-order valence-electron chi connectivity index (χ2n) is 2.23. The maximum atomic E-state index is 7.56. The Bertz CT molecular complexity index is 178. The fraction of sp³-hybridized carbons (Fsp3) is 0.800. The van der Waals surface area contributed by atoms with Gasteiger partial charge in [-0.25, -0.2) is 0 Å². The molecule has 0 aromatic rings. The zero-order valence-electron chi connectivity index (χ0n) is 8.63. The van der Waals surface area contributed by atoms with Crippen molar-refractivity contribution in [2.45, 2.75) is 26.2 Å². The topological polar surface area (TPSA) is 121 Å². The van der Waals surface area contributed by atoms with E-state index < -0.39 is 13.4 Å². The average molecular weight is 395 g/mol. The molecular formula is C5H17MoO6P2S2-. The van der Waals surface area contributed by atoms with Gasteiger partial charge in [0.05, 0.1) is 0 Å². The van der Waals surface area contributed by atoms with Gasteiger partial charge in [0.2, 0.25) is 0 Å². The first kappa shape index (κ1) is 26.3. The Hall–Kier alpha value is 1.75. The van der Waals surface area contributed by atoms with Crippen LogP contribution in [-0.2, 0) is 44.7 Å². The van der Waals surface area contributed by atoms with E-state index in [0.717, 1.165) is 6.42 Å². The third-order valence-corrected chi connectivity index (χ3v) is 0.604. The van der Waals surface area contributed by atoms with Gasteiger partial charge in [0, 0.05) is 21.1 Å². The molecule has 0 aromatic heterocycles. The Morgan fingerprint density at radius 1 is 0.938 bits per heavy atom. The van der Waals surface area contributed by atoms with E-state index in [-0.39, 0.29) is 21.1 Å². The molecule has 0 fully saturated rings. The summed E-state index contributed by atoms with van der Waals surface area (Å²) < 4.78 is 0.